The van der Waals surface area contributed by atoms with E-state index in [4.69, 9.17) is 9.15 Å². The van der Waals surface area contributed by atoms with Gasteiger partial charge in [-0.3, -0.25) is 0 Å². The Hall–Kier alpha value is -1.56. The lowest BCUT2D eigenvalue weighted by Gasteiger charge is -2.11. The molecule has 0 aliphatic heterocycles. The van der Waals surface area contributed by atoms with Crippen LogP contribution in [-0.2, 0) is 11.3 Å². The van der Waals surface area contributed by atoms with Gasteiger partial charge in [0, 0.05) is 19.7 Å². The smallest absolute Gasteiger partial charge is 0.216 e. The Morgan fingerprint density at radius 2 is 2.05 bits per heavy atom. The predicted molar refractivity (Wildman–Crippen MR) is 89.1 cm³/mol. The Morgan fingerprint density at radius 3 is 2.64 bits per heavy atom. The van der Waals surface area contributed by atoms with E-state index >= 15 is 0 Å². The van der Waals surface area contributed by atoms with Crippen molar-refractivity contribution < 1.29 is 9.15 Å². The van der Waals surface area contributed by atoms with E-state index in [1.807, 2.05) is 20.8 Å². The van der Waals surface area contributed by atoms with Crippen molar-refractivity contribution in [1.82, 2.24) is 15.6 Å². The van der Waals surface area contributed by atoms with Gasteiger partial charge in [-0.25, -0.2) is 9.98 Å². The van der Waals surface area contributed by atoms with Crippen LogP contribution in [0.4, 0.5) is 0 Å². The third kappa shape index (κ3) is 7.45. The molecule has 1 rings (SSSR count). The molecule has 0 amide bonds. The molecular weight excluding hydrogens is 280 g/mol. The number of nitrogens with zero attached hydrogens (tertiary/aromatic N) is 2. The number of hydrogen-bond acceptors (Lipinski definition) is 4. The van der Waals surface area contributed by atoms with Gasteiger partial charge in [0.05, 0.1) is 12.3 Å². The molecule has 1 heterocycles. The van der Waals surface area contributed by atoms with Crippen LogP contribution in [0, 0.1) is 19.8 Å². The van der Waals surface area contributed by atoms with Gasteiger partial charge in [0.1, 0.15) is 12.3 Å². The molecule has 0 radical (unpaired) electrons. The first-order valence-corrected chi connectivity index (χ1v) is 8.05. The number of guanidine groups is 1. The molecule has 0 saturated heterocycles. The summed E-state index contributed by atoms with van der Waals surface area (Å²) < 4.78 is 11.1. The number of ether oxygens (including phenoxy) is 1. The highest BCUT2D eigenvalue weighted by atomic mass is 16.5. The van der Waals surface area contributed by atoms with Crippen LogP contribution in [-0.4, -0.2) is 37.2 Å². The molecule has 0 spiro atoms. The Balaban J connectivity index is 2.32. The molecule has 0 atom stereocenters. The van der Waals surface area contributed by atoms with Crippen LogP contribution in [0.2, 0.25) is 0 Å². The summed E-state index contributed by atoms with van der Waals surface area (Å²) in [5, 5.41) is 6.44. The minimum Gasteiger partial charge on any atom is -0.444 e. The Kier molecular flexibility index (Phi) is 8.58. The van der Waals surface area contributed by atoms with Crippen LogP contribution >= 0.6 is 0 Å². The molecule has 1 aromatic rings. The SMILES string of the molecule is CCNC(=NCc1nc(C)c(C)o1)NCCOCCC(C)C. The van der Waals surface area contributed by atoms with Crippen LogP contribution in [0.5, 0.6) is 0 Å². The quantitative estimate of drug-likeness (QED) is 0.416. The number of hydrogen-bond donors (Lipinski definition) is 2. The van der Waals surface area contributed by atoms with Gasteiger partial charge in [-0.1, -0.05) is 13.8 Å². The summed E-state index contributed by atoms with van der Waals surface area (Å²) in [4.78, 5) is 8.79. The molecule has 0 aromatic carbocycles. The summed E-state index contributed by atoms with van der Waals surface area (Å²) >= 11 is 0. The minimum absolute atomic E-state index is 0.429. The van der Waals surface area contributed by atoms with Crippen molar-refractivity contribution in [2.24, 2.45) is 10.9 Å². The van der Waals surface area contributed by atoms with E-state index in [1.54, 1.807) is 0 Å². The summed E-state index contributed by atoms with van der Waals surface area (Å²) in [6, 6.07) is 0. The summed E-state index contributed by atoms with van der Waals surface area (Å²) in [6.07, 6.45) is 1.09. The van der Waals surface area contributed by atoms with Crippen molar-refractivity contribution in [1.29, 1.82) is 0 Å². The normalized spacial score (nSPS) is 12.0. The third-order valence-electron chi connectivity index (χ3n) is 3.17. The maximum Gasteiger partial charge on any atom is 0.216 e. The highest BCUT2D eigenvalue weighted by molar-refractivity contribution is 5.79. The van der Waals surface area contributed by atoms with E-state index in [2.05, 4.69) is 34.5 Å². The van der Waals surface area contributed by atoms with Gasteiger partial charge in [0.2, 0.25) is 5.89 Å². The molecule has 22 heavy (non-hydrogen) atoms. The fraction of sp³-hybridized carbons (Fsp3) is 0.750. The van der Waals surface area contributed by atoms with Crippen molar-refractivity contribution >= 4 is 5.96 Å². The highest BCUT2D eigenvalue weighted by Crippen LogP contribution is 2.08. The number of nitrogens with one attached hydrogen (secondary N) is 2. The second-order valence-corrected chi connectivity index (χ2v) is 5.67. The molecule has 0 fully saturated rings. The molecule has 0 aliphatic carbocycles. The summed E-state index contributed by atoms with van der Waals surface area (Å²) in [6.45, 7) is 13.7. The minimum atomic E-state index is 0.429. The standard InChI is InChI=1S/C16H30N4O2/c1-6-17-16(18-8-10-21-9-7-12(2)3)19-11-15-20-13(4)14(5)22-15/h12H,6-11H2,1-5H3,(H2,17,18,19). The fourth-order valence-electron chi connectivity index (χ4n) is 1.76. The Labute approximate surface area is 133 Å². The third-order valence-corrected chi connectivity index (χ3v) is 3.17. The van der Waals surface area contributed by atoms with Crippen LogP contribution in [0.3, 0.4) is 0 Å². The van der Waals surface area contributed by atoms with Gasteiger partial charge >= 0.3 is 0 Å². The maximum atomic E-state index is 5.58. The van der Waals surface area contributed by atoms with Gasteiger partial charge < -0.3 is 19.8 Å². The van der Waals surface area contributed by atoms with Crippen molar-refractivity contribution in [3.05, 3.63) is 17.3 Å². The number of aliphatic imine (C=N–C) groups is 1. The predicted octanol–water partition coefficient (Wildman–Crippen LogP) is 2.41. The van der Waals surface area contributed by atoms with Crippen LogP contribution < -0.4 is 10.6 Å². The average Bonchev–Trinajstić information content (AvgIpc) is 2.78. The first-order valence-electron chi connectivity index (χ1n) is 8.05. The molecule has 6 heteroatoms. The second-order valence-electron chi connectivity index (χ2n) is 5.67. The Morgan fingerprint density at radius 1 is 1.27 bits per heavy atom. The summed E-state index contributed by atoms with van der Waals surface area (Å²) in [5.74, 6) is 2.92. The topological polar surface area (TPSA) is 71.7 Å². The zero-order valence-electron chi connectivity index (χ0n) is 14.5. The summed E-state index contributed by atoms with van der Waals surface area (Å²) in [7, 11) is 0. The first-order chi connectivity index (χ1) is 10.5. The monoisotopic (exact) mass is 310 g/mol. The van der Waals surface area contributed by atoms with Crippen molar-refractivity contribution in [2.45, 2.75) is 47.6 Å². The largest absolute Gasteiger partial charge is 0.444 e. The van der Waals surface area contributed by atoms with E-state index in [9.17, 15) is 0 Å². The molecule has 0 saturated carbocycles. The van der Waals surface area contributed by atoms with Gasteiger partial charge in [-0.05, 0) is 33.1 Å². The van der Waals surface area contributed by atoms with Crippen molar-refractivity contribution in [3.8, 4) is 0 Å². The number of aryl methyl sites for hydroxylation is 2. The van der Waals surface area contributed by atoms with Crippen LogP contribution in [0.1, 0.15) is 44.5 Å². The van der Waals surface area contributed by atoms with E-state index in [0.29, 0.717) is 25.0 Å². The van der Waals surface area contributed by atoms with E-state index in [1.165, 1.54) is 0 Å². The maximum absolute atomic E-state index is 5.58. The molecular formula is C16H30N4O2. The van der Waals surface area contributed by atoms with Crippen LogP contribution in [0.25, 0.3) is 0 Å². The summed E-state index contributed by atoms with van der Waals surface area (Å²) in [5.41, 5.74) is 0.918. The lowest BCUT2D eigenvalue weighted by Crippen LogP contribution is -2.39. The number of oxazole rings is 1. The van der Waals surface area contributed by atoms with Gasteiger partial charge in [-0.2, -0.15) is 0 Å². The lowest BCUT2D eigenvalue weighted by atomic mass is 10.1. The molecule has 6 nitrogen and oxygen atoms in total. The molecule has 126 valence electrons. The van der Waals surface area contributed by atoms with Gasteiger partial charge in [0.15, 0.2) is 5.96 Å². The number of rotatable bonds is 9. The van der Waals surface area contributed by atoms with E-state index in [0.717, 1.165) is 43.5 Å². The van der Waals surface area contributed by atoms with E-state index in [-0.39, 0.29) is 0 Å². The van der Waals surface area contributed by atoms with Crippen molar-refractivity contribution in [2.75, 3.05) is 26.3 Å². The molecule has 0 aliphatic rings. The van der Waals surface area contributed by atoms with Gasteiger partial charge in [0.25, 0.3) is 0 Å². The molecule has 1 aromatic heterocycles. The highest BCUT2D eigenvalue weighted by Gasteiger charge is 2.05. The van der Waals surface area contributed by atoms with Gasteiger partial charge in [-0.15, -0.1) is 0 Å². The molecule has 0 unspecified atom stereocenters. The lowest BCUT2D eigenvalue weighted by molar-refractivity contribution is 0.128. The van der Waals surface area contributed by atoms with E-state index < -0.39 is 0 Å². The zero-order chi connectivity index (χ0) is 16.4. The first kappa shape index (κ1) is 18.5. The molecule has 0 bridgehead atoms. The zero-order valence-corrected chi connectivity index (χ0v) is 14.5. The average molecular weight is 310 g/mol. The molecule has 2 N–H and O–H groups in total. The number of aromatic nitrogens is 1. The second kappa shape index (κ2) is 10.2. The Bertz CT molecular complexity index is 435. The fourth-order valence-corrected chi connectivity index (χ4v) is 1.76. The van der Waals surface area contributed by atoms with Crippen molar-refractivity contribution in [3.63, 3.8) is 0 Å². The van der Waals surface area contributed by atoms with Crippen LogP contribution in [0.15, 0.2) is 9.41 Å².